The van der Waals surface area contributed by atoms with E-state index in [-0.39, 0.29) is 18.2 Å². The molecule has 0 saturated carbocycles. The molecular formula is C18H17ClN2O2. The van der Waals surface area contributed by atoms with Gasteiger partial charge < -0.3 is 10.2 Å². The van der Waals surface area contributed by atoms with Crippen molar-refractivity contribution in [2.45, 2.75) is 19.8 Å². The number of amides is 2. The van der Waals surface area contributed by atoms with E-state index in [0.29, 0.717) is 17.3 Å². The molecule has 0 radical (unpaired) electrons. The van der Waals surface area contributed by atoms with Gasteiger partial charge >= 0.3 is 0 Å². The van der Waals surface area contributed by atoms with Crippen molar-refractivity contribution in [1.29, 1.82) is 0 Å². The number of fused-ring (bicyclic) bond motifs is 1. The zero-order chi connectivity index (χ0) is 16.4. The van der Waals surface area contributed by atoms with Crippen molar-refractivity contribution in [3.63, 3.8) is 0 Å². The summed E-state index contributed by atoms with van der Waals surface area (Å²) >= 11 is 6.08. The van der Waals surface area contributed by atoms with Crippen molar-refractivity contribution in [3.05, 3.63) is 58.6 Å². The van der Waals surface area contributed by atoms with Crippen molar-refractivity contribution in [3.8, 4) is 0 Å². The van der Waals surface area contributed by atoms with Crippen molar-refractivity contribution in [2.75, 3.05) is 16.8 Å². The molecule has 0 fully saturated rings. The van der Waals surface area contributed by atoms with Gasteiger partial charge in [-0.3, -0.25) is 9.59 Å². The van der Waals surface area contributed by atoms with E-state index in [2.05, 4.69) is 5.32 Å². The number of anilines is 2. The summed E-state index contributed by atoms with van der Waals surface area (Å²) in [5.74, 6) is -0.117. The van der Waals surface area contributed by atoms with E-state index < -0.39 is 0 Å². The van der Waals surface area contributed by atoms with Gasteiger partial charge in [0.25, 0.3) is 0 Å². The molecule has 0 saturated heterocycles. The van der Waals surface area contributed by atoms with Gasteiger partial charge in [-0.2, -0.15) is 0 Å². The number of nitrogens with zero attached hydrogens (tertiary/aromatic N) is 1. The first-order valence-corrected chi connectivity index (χ1v) is 7.86. The number of benzene rings is 2. The lowest BCUT2D eigenvalue weighted by Gasteiger charge is -2.16. The number of nitrogens with one attached hydrogen (secondary N) is 1. The quantitative estimate of drug-likeness (QED) is 0.938. The molecule has 0 aromatic heterocycles. The average molecular weight is 329 g/mol. The maximum atomic E-state index is 12.2. The lowest BCUT2D eigenvalue weighted by atomic mass is 10.1. The molecule has 2 aromatic carbocycles. The van der Waals surface area contributed by atoms with E-state index in [1.54, 1.807) is 17.9 Å². The van der Waals surface area contributed by atoms with Gasteiger partial charge in [0.15, 0.2) is 0 Å². The summed E-state index contributed by atoms with van der Waals surface area (Å²) in [5.41, 5.74) is 3.49. The Morgan fingerprint density at radius 2 is 2.00 bits per heavy atom. The van der Waals surface area contributed by atoms with Crippen molar-refractivity contribution >= 4 is 34.8 Å². The van der Waals surface area contributed by atoms with Gasteiger partial charge in [-0.1, -0.05) is 35.9 Å². The smallest absolute Gasteiger partial charge is 0.228 e. The highest BCUT2D eigenvalue weighted by atomic mass is 35.5. The van der Waals surface area contributed by atoms with E-state index in [0.717, 1.165) is 23.2 Å². The standard InChI is InChI=1S/C18H17ClN2O2/c1-12(22)21-9-8-13-6-7-15(11-17(13)21)20-18(23)10-14-4-2-3-5-16(14)19/h2-7,11H,8-10H2,1H3,(H,20,23). The van der Waals surface area contributed by atoms with E-state index in [9.17, 15) is 9.59 Å². The van der Waals surface area contributed by atoms with E-state index in [4.69, 9.17) is 11.6 Å². The van der Waals surface area contributed by atoms with Gasteiger partial charge in [0.1, 0.15) is 0 Å². The Morgan fingerprint density at radius 3 is 2.74 bits per heavy atom. The van der Waals surface area contributed by atoms with Crippen LogP contribution in [-0.2, 0) is 22.4 Å². The van der Waals surface area contributed by atoms with Crippen LogP contribution < -0.4 is 10.2 Å². The number of carbonyl (C=O) groups excluding carboxylic acids is 2. The van der Waals surface area contributed by atoms with E-state index in [1.807, 2.05) is 36.4 Å². The molecule has 1 aliphatic heterocycles. The molecule has 4 nitrogen and oxygen atoms in total. The summed E-state index contributed by atoms with van der Waals surface area (Å²) in [4.78, 5) is 25.6. The molecule has 23 heavy (non-hydrogen) atoms. The first kappa shape index (κ1) is 15.6. The molecule has 3 rings (SSSR count). The molecule has 0 unspecified atom stereocenters. The number of hydrogen-bond acceptors (Lipinski definition) is 2. The number of rotatable bonds is 3. The summed E-state index contributed by atoms with van der Waals surface area (Å²) in [6, 6.07) is 13.0. The summed E-state index contributed by atoms with van der Waals surface area (Å²) in [7, 11) is 0. The lowest BCUT2D eigenvalue weighted by Crippen LogP contribution is -2.25. The van der Waals surface area contributed by atoms with Crippen LogP contribution in [0.1, 0.15) is 18.1 Å². The molecular weight excluding hydrogens is 312 g/mol. The van der Waals surface area contributed by atoms with Gasteiger partial charge in [-0.05, 0) is 35.7 Å². The first-order chi connectivity index (χ1) is 11.0. The largest absolute Gasteiger partial charge is 0.326 e. The summed E-state index contributed by atoms with van der Waals surface area (Å²) in [5, 5.41) is 3.45. The van der Waals surface area contributed by atoms with Crippen molar-refractivity contribution in [1.82, 2.24) is 0 Å². The minimum Gasteiger partial charge on any atom is -0.326 e. The molecule has 1 aliphatic rings. The summed E-state index contributed by atoms with van der Waals surface area (Å²) in [6.45, 7) is 2.25. The molecule has 2 aromatic rings. The number of carbonyl (C=O) groups is 2. The van der Waals surface area contributed by atoms with E-state index in [1.165, 1.54) is 0 Å². The van der Waals surface area contributed by atoms with Crippen LogP contribution in [-0.4, -0.2) is 18.4 Å². The second-order valence-corrected chi connectivity index (χ2v) is 5.99. The zero-order valence-corrected chi connectivity index (χ0v) is 13.6. The predicted molar refractivity (Wildman–Crippen MR) is 92.0 cm³/mol. The van der Waals surface area contributed by atoms with Crippen molar-refractivity contribution < 1.29 is 9.59 Å². The highest BCUT2D eigenvalue weighted by molar-refractivity contribution is 6.31. The second-order valence-electron chi connectivity index (χ2n) is 5.58. The Morgan fingerprint density at radius 1 is 1.22 bits per heavy atom. The average Bonchev–Trinajstić information content (AvgIpc) is 2.93. The van der Waals surface area contributed by atoms with Crippen molar-refractivity contribution in [2.24, 2.45) is 0 Å². The monoisotopic (exact) mass is 328 g/mol. The fourth-order valence-corrected chi connectivity index (χ4v) is 3.01. The molecule has 118 valence electrons. The number of hydrogen-bond donors (Lipinski definition) is 1. The third-order valence-electron chi connectivity index (χ3n) is 3.95. The lowest BCUT2D eigenvalue weighted by molar-refractivity contribution is -0.116. The second kappa shape index (κ2) is 6.42. The molecule has 0 aliphatic carbocycles. The summed E-state index contributed by atoms with van der Waals surface area (Å²) in [6.07, 6.45) is 1.07. The Balaban J connectivity index is 1.74. The maximum Gasteiger partial charge on any atom is 0.228 e. The van der Waals surface area contributed by atoms with E-state index >= 15 is 0 Å². The first-order valence-electron chi connectivity index (χ1n) is 7.49. The van der Waals surface area contributed by atoms with Crippen LogP contribution in [0.25, 0.3) is 0 Å². The molecule has 1 N–H and O–H groups in total. The van der Waals surface area contributed by atoms with Crippen LogP contribution in [0.2, 0.25) is 5.02 Å². The van der Waals surface area contributed by atoms with Gasteiger partial charge in [-0.15, -0.1) is 0 Å². The van der Waals surface area contributed by atoms with Gasteiger partial charge in [-0.25, -0.2) is 0 Å². The topological polar surface area (TPSA) is 49.4 Å². The predicted octanol–water partition coefficient (Wildman–Crippen LogP) is 3.43. The maximum absolute atomic E-state index is 12.2. The van der Waals surface area contributed by atoms with Crippen LogP contribution in [0.3, 0.4) is 0 Å². The van der Waals surface area contributed by atoms with Crippen LogP contribution in [0.15, 0.2) is 42.5 Å². The fourth-order valence-electron chi connectivity index (χ4n) is 2.80. The molecule has 0 atom stereocenters. The minimum absolute atomic E-state index is 0.0169. The fraction of sp³-hybridized carbons (Fsp3) is 0.222. The van der Waals surface area contributed by atoms with Gasteiger partial charge in [0.05, 0.1) is 6.42 Å². The number of halogens is 1. The Bertz CT molecular complexity index is 773. The molecule has 0 bridgehead atoms. The molecule has 5 heteroatoms. The third-order valence-corrected chi connectivity index (χ3v) is 4.32. The SMILES string of the molecule is CC(=O)N1CCc2ccc(NC(=O)Cc3ccccc3Cl)cc21. The van der Waals surface area contributed by atoms with Gasteiger partial charge in [0, 0.05) is 29.9 Å². The van der Waals surface area contributed by atoms with Crippen LogP contribution in [0, 0.1) is 0 Å². The Kier molecular flexibility index (Phi) is 4.35. The Hall–Kier alpha value is -2.33. The minimum atomic E-state index is -0.134. The van der Waals surface area contributed by atoms with Crippen LogP contribution in [0.5, 0.6) is 0 Å². The third kappa shape index (κ3) is 3.37. The Labute approximate surface area is 140 Å². The molecule has 2 amide bonds. The van der Waals surface area contributed by atoms with Crippen LogP contribution >= 0.6 is 11.6 Å². The highest BCUT2D eigenvalue weighted by Crippen LogP contribution is 2.31. The molecule has 0 spiro atoms. The highest BCUT2D eigenvalue weighted by Gasteiger charge is 2.22. The van der Waals surface area contributed by atoms with Crippen LogP contribution in [0.4, 0.5) is 11.4 Å². The zero-order valence-electron chi connectivity index (χ0n) is 12.8. The normalized spacial score (nSPS) is 12.9. The molecule has 1 heterocycles. The summed E-state index contributed by atoms with van der Waals surface area (Å²) < 4.78 is 0. The van der Waals surface area contributed by atoms with Gasteiger partial charge in [0.2, 0.25) is 11.8 Å².